The Bertz CT molecular complexity index is 118. The van der Waals surface area contributed by atoms with Gasteiger partial charge in [-0.25, -0.2) is 0 Å². The zero-order chi connectivity index (χ0) is 8.69. The summed E-state index contributed by atoms with van der Waals surface area (Å²) < 4.78 is 0. The molecule has 0 aromatic rings. The van der Waals surface area contributed by atoms with Crippen molar-refractivity contribution < 1.29 is 15.0 Å². The molecule has 0 amide bonds. The molecule has 1 atom stereocenters. The molecule has 1 unspecified atom stereocenters. The fourth-order valence-electron chi connectivity index (χ4n) is 0.691. The average Bonchev–Trinajstić information content (AvgIpc) is 1.97. The van der Waals surface area contributed by atoms with E-state index in [9.17, 15) is 4.79 Å². The Labute approximate surface area is 65.2 Å². The lowest BCUT2D eigenvalue weighted by Crippen LogP contribution is -2.37. The van der Waals surface area contributed by atoms with Crippen molar-refractivity contribution in [3.05, 3.63) is 0 Å². The smallest absolute Gasteiger partial charge is 0.317 e. The van der Waals surface area contributed by atoms with Crippen molar-refractivity contribution in [2.75, 3.05) is 19.7 Å². The summed E-state index contributed by atoms with van der Waals surface area (Å²) >= 11 is 0. The van der Waals surface area contributed by atoms with Crippen LogP contribution in [0.2, 0.25) is 0 Å². The Morgan fingerprint density at radius 1 is 1.64 bits per heavy atom. The van der Waals surface area contributed by atoms with Crippen LogP contribution < -0.4 is 11.1 Å². The molecule has 0 radical (unpaired) electrons. The molecule has 5 heteroatoms. The van der Waals surface area contributed by atoms with E-state index < -0.39 is 5.97 Å². The van der Waals surface area contributed by atoms with Gasteiger partial charge in [0.2, 0.25) is 0 Å². The van der Waals surface area contributed by atoms with Crippen molar-refractivity contribution in [3.8, 4) is 0 Å². The monoisotopic (exact) mass is 162 g/mol. The standard InChI is InChI=1S/C6H14N2O3/c7-2-1-5(4-9)8-3-6(10)11/h5,8-9H,1-4,7H2,(H,10,11). The summed E-state index contributed by atoms with van der Waals surface area (Å²) in [6.45, 7) is 0.230. The van der Waals surface area contributed by atoms with E-state index in [1.807, 2.05) is 0 Å². The zero-order valence-electron chi connectivity index (χ0n) is 6.29. The number of nitrogens with one attached hydrogen (secondary N) is 1. The Hall–Kier alpha value is -0.650. The Morgan fingerprint density at radius 2 is 2.27 bits per heavy atom. The highest BCUT2D eigenvalue weighted by molar-refractivity contribution is 5.69. The van der Waals surface area contributed by atoms with Gasteiger partial charge >= 0.3 is 5.97 Å². The first-order chi connectivity index (χ1) is 5.20. The maximum Gasteiger partial charge on any atom is 0.317 e. The van der Waals surface area contributed by atoms with Crippen LogP contribution in [0.4, 0.5) is 0 Å². The van der Waals surface area contributed by atoms with Crippen LogP contribution in [0.25, 0.3) is 0 Å². The minimum atomic E-state index is -0.930. The first-order valence-corrected chi connectivity index (χ1v) is 3.46. The molecular weight excluding hydrogens is 148 g/mol. The highest BCUT2D eigenvalue weighted by Gasteiger charge is 2.06. The number of carboxylic acid groups (broad SMARTS) is 1. The Kier molecular flexibility index (Phi) is 5.73. The molecule has 11 heavy (non-hydrogen) atoms. The van der Waals surface area contributed by atoms with Crippen LogP contribution in [0.1, 0.15) is 6.42 Å². The SMILES string of the molecule is NCCC(CO)NCC(=O)O. The quantitative estimate of drug-likeness (QED) is 0.376. The fourth-order valence-corrected chi connectivity index (χ4v) is 0.691. The fraction of sp³-hybridized carbons (Fsp3) is 0.833. The summed E-state index contributed by atoms with van der Waals surface area (Å²) in [5.74, 6) is -0.930. The molecule has 0 fully saturated rings. The minimum absolute atomic E-state index is 0.0789. The molecule has 5 nitrogen and oxygen atoms in total. The van der Waals surface area contributed by atoms with Crippen LogP contribution in [0.15, 0.2) is 0 Å². The molecule has 0 rings (SSSR count). The number of hydrogen-bond acceptors (Lipinski definition) is 4. The predicted octanol–water partition coefficient (Wildman–Crippen LogP) is -1.63. The van der Waals surface area contributed by atoms with Crippen LogP contribution in [-0.2, 0) is 4.79 Å². The molecule has 0 aromatic carbocycles. The van der Waals surface area contributed by atoms with Crippen molar-refractivity contribution in [2.45, 2.75) is 12.5 Å². The number of hydrogen-bond donors (Lipinski definition) is 4. The third-order valence-electron chi connectivity index (χ3n) is 1.28. The summed E-state index contributed by atoms with van der Waals surface area (Å²) in [6, 6.07) is -0.198. The van der Waals surface area contributed by atoms with Crippen LogP contribution >= 0.6 is 0 Å². The molecular formula is C6H14N2O3. The second kappa shape index (κ2) is 6.09. The van der Waals surface area contributed by atoms with Crippen molar-refractivity contribution in [3.63, 3.8) is 0 Å². The lowest BCUT2D eigenvalue weighted by atomic mass is 10.2. The third kappa shape index (κ3) is 5.78. The second-order valence-corrected chi connectivity index (χ2v) is 2.23. The molecule has 0 aliphatic carbocycles. The van der Waals surface area contributed by atoms with E-state index in [1.54, 1.807) is 0 Å². The van der Waals surface area contributed by atoms with Crippen LogP contribution in [0.5, 0.6) is 0 Å². The largest absolute Gasteiger partial charge is 0.480 e. The first kappa shape index (κ1) is 10.3. The van der Waals surface area contributed by atoms with Crippen LogP contribution in [0.3, 0.4) is 0 Å². The van der Waals surface area contributed by atoms with E-state index in [1.165, 1.54) is 0 Å². The second-order valence-electron chi connectivity index (χ2n) is 2.23. The average molecular weight is 162 g/mol. The van der Waals surface area contributed by atoms with E-state index in [4.69, 9.17) is 15.9 Å². The molecule has 0 spiro atoms. The van der Waals surface area contributed by atoms with E-state index in [2.05, 4.69) is 5.32 Å². The van der Waals surface area contributed by atoms with Gasteiger partial charge in [0.1, 0.15) is 0 Å². The van der Waals surface area contributed by atoms with Gasteiger partial charge in [0.05, 0.1) is 13.2 Å². The molecule has 66 valence electrons. The van der Waals surface area contributed by atoms with Gasteiger partial charge in [0.15, 0.2) is 0 Å². The molecule has 0 heterocycles. The van der Waals surface area contributed by atoms with Crippen LogP contribution in [0, 0.1) is 0 Å². The number of aliphatic hydroxyl groups excluding tert-OH is 1. The lowest BCUT2D eigenvalue weighted by molar-refractivity contribution is -0.136. The molecule has 0 bridgehead atoms. The molecule has 0 saturated heterocycles. The van der Waals surface area contributed by atoms with Gasteiger partial charge in [0, 0.05) is 6.04 Å². The van der Waals surface area contributed by atoms with E-state index in [-0.39, 0.29) is 19.2 Å². The highest BCUT2D eigenvalue weighted by atomic mass is 16.4. The molecule has 0 aliphatic heterocycles. The maximum absolute atomic E-state index is 10.0. The maximum atomic E-state index is 10.0. The molecule has 0 saturated carbocycles. The Balaban J connectivity index is 3.43. The van der Waals surface area contributed by atoms with Gasteiger partial charge in [0.25, 0.3) is 0 Å². The normalized spacial score (nSPS) is 12.9. The van der Waals surface area contributed by atoms with E-state index in [0.717, 1.165) is 0 Å². The van der Waals surface area contributed by atoms with Crippen LogP contribution in [-0.4, -0.2) is 41.9 Å². The van der Waals surface area contributed by atoms with Gasteiger partial charge in [-0.2, -0.15) is 0 Å². The van der Waals surface area contributed by atoms with Crippen molar-refractivity contribution in [1.29, 1.82) is 0 Å². The first-order valence-electron chi connectivity index (χ1n) is 3.46. The van der Waals surface area contributed by atoms with Gasteiger partial charge in [-0.3, -0.25) is 4.79 Å². The molecule has 5 N–H and O–H groups in total. The number of aliphatic hydroxyl groups is 1. The van der Waals surface area contributed by atoms with Crippen molar-refractivity contribution >= 4 is 5.97 Å². The third-order valence-corrected chi connectivity index (χ3v) is 1.28. The van der Waals surface area contributed by atoms with E-state index in [0.29, 0.717) is 13.0 Å². The van der Waals surface area contributed by atoms with Crippen molar-refractivity contribution in [1.82, 2.24) is 5.32 Å². The molecule has 0 aromatic heterocycles. The number of aliphatic carboxylic acids is 1. The summed E-state index contributed by atoms with van der Waals surface area (Å²) in [6.07, 6.45) is 0.587. The summed E-state index contributed by atoms with van der Waals surface area (Å²) in [5, 5.41) is 19.5. The lowest BCUT2D eigenvalue weighted by Gasteiger charge is -2.12. The van der Waals surface area contributed by atoms with Gasteiger partial charge in [-0.15, -0.1) is 0 Å². The topological polar surface area (TPSA) is 95.6 Å². The zero-order valence-corrected chi connectivity index (χ0v) is 6.29. The summed E-state index contributed by atoms with van der Waals surface area (Å²) in [5.41, 5.74) is 5.21. The van der Waals surface area contributed by atoms with Gasteiger partial charge < -0.3 is 21.3 Å². The van der Waals surface area contributed by atoms with Gasteiger partial charge in [-0.05, 0) is 13.0 Å². The van der Waals surface area contributed by atoms with E-state index >= 15 is 0 Å². The number of carbonyl (C=O) groups is 1. The molecule has 0 aliphatic rings. The Morgan fingerprint density at radius 3 is 2.64 bits per heavy atom. The summed E-state index contributed by atoms with van der Waals surface area (Å²) in [7, 11) is 0. The summed E-state index contributed by atoms with van der Waals surface area (Å²) in [4.78, 5) is 10.0. The van der Waals surface area contributed by atoms with Gasteiger partial charge in [-0.1, -0.05) is 0 Å². The van der Waals surface area contributed by atoms with Crippen molar-refractivity contribution in [2.24, 2.45) is 5.73 Å². The number of carboxylic acids is 1. The number of rotatable bonds is 6. The highest BCUT2D eigenvalue weighted by Crippen LogP contribution is 1.86. The minimum Gasteiger partial charge on any atom is -0.480 e. The predicted molar refractivity (Wildman–Crippen MR) is 40.2 cm³/mol. The number of nitrogens with two attached hydrogens (primary N) is 1.